The van der Waals surface area contributed by atoms with Crippen molar-refractivity contribution in [3.8, 4) is 0 Å². The van der Waals surface area contributed by atoms with Gasteiger partial charge in [-0.15, -0.1) is 0 Å². The highest BCUT2D eigenvalue weighted by atomic mass is 16.4. The molecule has 2 N–H and O–H groups in total. The van der Waals surface area contributed by atoms with E-state index in [0.717, 1.165) is 45.3 Å². The van der Waals surface area contributed by atoms with Crippen LogP contribution in [0.15, 0.2) is 24.3 Å². The van der Waals surface area contributed by atoms with Crippen molar-refractivity contribution in [2.45, 2.75) is 38.1 Å². The monoisotopic (exact) mass is 359 g/mol. The molecule has 1 atom stereocenters. The Labute approximate surface area is 153 Å². The molecule has 7 nitrogen and oxygen atoms in total. The standard InChI is InChI=1S/C19H25N3O4/c23-17(20-15-7-4-6-14(12-15)19(25)26)13-22-11-5-8-16(22)18(24)21-9-2-1-3-10-21/h4,6-7,12,16H,1-3,5,8-11,13H2,(H,20,23)(H,25,26)/t16-/m0/s1. The SMILES string of the molecule is O=C(CN1CCC[C@H]1C(=O)N1CCCCC1)Nc1cccc(C(=O)O)c1. The zero-order valence-corrected chi connectivity index (χ0v) is 14.8. The fourth-order valence-electron chi connectivity index (χ4n) is 3.74. The molecule has 0 unspecified atom stereocenters. The second-order valence-corrected chi connectivity index (χ2v) is 6.95. The summed E-state index contributed by atoms with van der Waals surface area (Å²) in [7, 11) is 0. The number of carboxylic acid groups (broad SMARTS) is 1. The van der Waals surface area contributed by atoms with E-state index >= 15 is 0 Å². The van der Waals surface area contributed by atoms with Crippen LogP contribution in [0.2, 0.25) is 0 Å². The number of benzene rings is 1. The molecule has 2 fully saturated rings. The first-order valence-corrected chi connectivity index (χ1v) is 9.20. The number of hydrogen-bond donors (Lipinski definition) is 2. The van der Waals surface area contributed by atoms with Gasteiger partial charge in [0.2, 0.25) is 11.8 Å². The second-order valence-electron chi connectivity index (χ2n) is 6.95. The van der Waals surface area contributed by atoms with Gasteiger partial charge in [0.25, 0.3) is 0 Å². The van der Waals surface area contributed by atoms with Gasteiger partial charge in [-0.25, -0.2) is 4.79 Å². The predicted molar refractivity (Wildman–Crippen MR) is 97.1 cm³/mol. The van der Waals surface area contributed by atoms with E-state index < -0.39 is 5.97 Å². The highest BCUT2D eigenvalue weighted by molar-refractivity contribution is 5.95. The second kappa shape index (κ2) is 8.31. The molecule has 0 bridgehead atoms. The molecule has 0 spiro atoms. The van der Waals surface area contributed by atoms with Crippen LogP contribution in [-0.4, -0.2) is 64.9 Å². The summed E-state index contributed by atoms with van der Waals surface area (Å²) in [6.45, 7) is 2.50. The average molecular weight is 359 g/mol. The molecule has 0 radical (unpaired) electrons. The van der Waals surface area contributed by atoms with Crippen LogP contribution in [0.5, 0.6) is 0 Å². The molecule has 1 aromatic carbocycles. The number of hydrogen-bond acceptors (Lipinski definition) is 4. The van der Waals surface area contributed by atoms with Gasteiger partial charge < -0.3 is 15.3 Å². The summed E-state index contributed by atoms with van der Waals surface area (Å²) in [6, 6.07) is 5.94. The Morgan fingerprint density at radius 2 is 1.85 bits per heavy atom. The quantitative estimate of drug-likeness (QED) is 0.837. The normalized spacial score (nSPS) is 20.8. The Morgan fingerprint density at radius 1 is 1.08 bits per heavy atom. The summed E-state index contributed by atoms with van der Waals surface area (Å²) in [4.78, 5) is 40.0. The lowest BCUT2D eigenvalue weighted by molar-refractivity contribution is -0.137. The first kappa shape index (κ1) is 18.4. The maximum absolute atomic E-state index is 12.8. The number of amides is 2. The Kier molecular flexibility index (Phi) is 5.88. The van der Waals surface area contributed by atoms with Gasteiger partial charge in [-0.2, -0.15) is 0 Å². The minimum atomic E-state index is -1.03. The van der Waals surface area contributed by atoms with E-state index in [1.807, 2.05) is 9.80 Å². The number of nitrogens with zero attached hydrogens (tertiary/aromatic N) is 2. The van der Waals surface area contributed by atoms with E-state index in [1.54, 1.807) is 12.1 Å². The van der Waals surface area contributed by atoms with Crippen LogP contribution in [0, 0.1) is 0 Å². The number of carboxylic acids is 1. The Bertz CT molecular complexity index is 685. The summed E-state index contributed by atoms with van der Waals surface area (Å²) in [6.07, 6.45) is 4.98. The number of nitrogens with one attached hydrogen (secondary N) is 1. The number of carbonyl (C=O) groups excluding carboxylic acids is 2. The summed E-state index contributed by atoms with van der Waals surface area (Å²) in [5.41, 5.74) is 0.579. The van der Waals surface area contributed by atoms with Crippen LogP contribution in [-0.2, 0) is 9.59 Å². The number of anilines is 1. The molecule has 7 heteroatoms. The minimum absolute atomic E-state index is 0.127. The van der Waals surface area contributed by atoms with Gasteiger partial charge in [0.1, 0.15) is 0 Å². The molecule has 0 saturated carbocycles. The van der Waals surface area contributed by atoms with Crippen LogP contribution in [0.25, 0.3) is 0 Å². The van der Waals surface area contributed by atoms with Crippen LogP contribution < -0.4 is 5.32 Å². The number of aromatic carboxylic acids is 1. The molecule has 2 heterocycles. The maximum atomic E-state index is 12.8. The van der Waals surface area contributed by atoms with E-state index in [0.29, 0.717) is 5.69 Å². The molecule has 0 aromatic heterocycles. The average Bonchev–Trinajstić information content (AvgIpc) is 3.10. The zero-order chi connectivity index (χ0) is 18.5. The summed E-state index contributed by atoms with van der Waals surface area (Å²) in [5, 5.41) is 11.8. The summed E-state index contributed by atoms with van der Waals surface area (Å²) < 4.78 is 0. The molecule has 2 aliphatic rings. The van der Waals surface area contributed by atoms with Gasteiger partial charge in [-0.1, -0.05) is 6.07 Å². The van der Waals surface area contributed by atoms with Crippen molar-refractivity contribution in [2.75, 3.05) is 31.5 Å². The summed E-state index contributed by atoms with van der Waals surface area (Å²) >= 11 is 0. The molecule has 2 amide bonds. The van der Waals surface area contributed by atoms with Crippen molar-refractivity contribution in [1.82, 2.24) is 9.80 Å². The highest BCUT2D eigenvalue weighted by Crippen LogP contribution is 2.21. The lowest BCUT2D eigenvalue weighted by atomic mass is 10.1. The smallest absolute Gasteiger partial charge is 0.335 e. The van der Waals surface area contributed by atoms with E-state index in [2.05, 4.69) is 5.32 Å². The van der Waals surface area contributed by atoms with Crippen molar-refractivity contribution in [2.24, 2.45) is 0 Å². The third-order valence-corrected chi connectivity index (χ3v) is 5.06. The van der Waals surface area contributed by atoms with Crippen molar-refractivity contribution < 1.29 is 19.5 Å². The lowest BCUT2D eigenvalue weighted by Crippen LogP contribution is -2.49. The number of carbonyl (C=O) groups is 3. The first-order chi connectivity index (χ1) is 12.5. The van der Waals surface area contributed by atoms with Crippen molar-refractivity contribution >= 4 is 23.5 Å². The maximum Gasteiger partial charge on any atom is 0.335 e. The van der Waals surface area contributed by atoms with Gasteiger partial charge in [0.15, 0.2) is 0 Å². The van der Waals surface area contributed by atoms with Crippen LogP contribution in [0.1, 0.15) is 42.5 Å². The first-order valence-electron chi connectivity index (χ1n) is 9.20. The molecule has 26 heavy (non-hydrogen) atoms. The number of rotatable bonds is 5. The molecule has 2 saturated heterocycles. The van der Waals surface area contributed by atoms with Crippen LogP contribution in [0.3, 0.4) is 0 Å². The van der Waals surface area contributed by atoms with E-state index in [9.17, 15) is 14.4 Å². The van der Waals surface area contributed by atoms with Crippen LogP contribution in [0.4, 0.5) is 5.69 Å². The fourth-order valence-corrected chi connectivity index (χ4v) is 3.74. The molecular formula is C19H25N3O4. The lowest BCUT2D eigenvalue weighted by Gasteiger charge is -2.32. The molecule has 3 rings (SSSR count). The molecular weight excluding hydrogens is 334 g/mol. The topological polar surface area (TPSA) is 90.0 Å². The Morgan fingerprint density at radius 3 is 2.58 bits per heavy atom. The number of likely N-dealkylation sites (tertiary alicyclic amines) is 2. The van der Waals surface area contributed by atoms with E-state index in [1.165, 1.54) is 18.6 Å². The van der Waals surface area contributed by atoms with Crippen molar-refractivity contribution in [3.63, 3.8) is 0 Å². The van der Waals surface area contributed by atoms with Crippen molar-refractivity contribution in [1.29, 1.82) is 0 Å². The molecule has 2 aliphatic heterocycles. The van der Waals surface area contributed by atoms with Crippen LogP contribution >= 0.6 is 0 Å². The van der Waals surface area contributed by atoms with Gasteiger partial charge >= 0.3 is 5.97 Å². The van der Waals surface area contributed by atoms with Gasteiger partial charge in [0, 0.05) is 18.8 Å². The van der Waals surface area contributed by atoms with Gasteiger partial charge in [-0.05, 0) is 56.8 Å². The highest BCUT2D eigenvalue weighted by Gasteiger charge is 2.34. The van der Waals surface area contributed by atoms with Gasteiger partial charge in [0.05, 0.1) is 18.2 Å². The molecule has 1 aromatic rings. The fraction of sp³-hybridized carbons (Fsp3) is 0.526. The van der Waals surface area contributed by atoms with Gasteiger partial charge in [-0.3, -0.25) is 14.5 Å². The predicted octanol–water partition coefficient (Wildman–Crippen LogP) is 1.80. The Hall–Kier alpha value is -2.41. The third-order valence-electron chi connectivity index (χ3n) is 5.06. The Balaban J connectivity index is 1.58. The molecule has 0 aliphatic carbocycles. The van der Waals surface area contributed by atoms with E-state index in [-0.39, 0.29) is 30.0 Å². The van der Waals surface area contributed by atoms with Crippen molar-refractivity contribution in [3.05, 3.63) is 29.8 Å². The zero-order valence-electron chi connectivity index (χ0n) is 14.8. The minimum Gasteiger partial charge on any atom is -0.478 e. The summed E-state index contributed by atoms with van der Waals surface area (Å²) in [5.74, 6) is -1.12. The third kappa shape index (κ3) is 4.40. The molecule has 140 valence electrons. The van der Waals surface area contributed by atoms with E-state index in [4.69, 9.17) is 5.11 Å². The largest absolute Gasteiger partial charge is 0.478 e. The number of piperidine rings is 1.